The Labute approximate surface area is 116 Å². The molecule has 108 valence electrons. The minimum atomic E-state index is -0.363. The molecule has 0 aromatic heterocycles. The summed E-state index contributed by atoms with van der Waals surface area (Å²) in [5.41, 5.74) is 0. The molecular formula is C16H26O3. The number of carbonyl (C=O) groups is 2. The van der Waals surface area contributed by atoms with E-state index in [0.29, 0.717) is 0 Å². The highest BCUT2D eigenvalue weighted by molar-refractivity contribution is 5.94. The fourth-order valence-corrected chi connectivity index (χ4v) is 2.47. The number of hydrogen-bond acceptors (Lipinski definition) is 3. The van der Waals surface area contributed by atoms with E-state index in [4.69, 9.17) is 0 Å². The van der Waals surface area contributed by atoms with Gasteiger partial charge < -0.3 is 4.74 Å². The highest BCUT2D eigenvalue weighted by atomic mass is 16.6. The highest BCUT2D eigenvalue weighted by Gasteiger charge is 2.37. The lowest BCUT2D eigenvalue weighted by Crippen LogP contribution is -2.18. The number of hydrogen-bond donors (Lipinski definition) is 0. The van der Waals surface area contributed by atoms with E-state index in [1.165, 1.54) is 25.7 Å². The Morgan fingerprint density at radius 3 is 2.53 bits per heavy atom. The predicted octanol–water partition coefficient (Wildman–Crippen LogP) is 4.02. The predicted molar refractivity (Wildman–Crippen MR) is 75.5 cm³/mol. The van der Waals surface area contributed by atoms with Crippen molar-refractivity contribution in [2.45, 2.75) is 65.2 Å². The van der Waals surface area contributed by atoms with Gasteiger partial charge in [0.05, 0.1) is 12.3 Å². The Morgan fingerprint density at radius 1 is 1.21 bits per heavy atom. The van der Waals surface area contributed by atoms with Crippen molar-refractivity contribution in [3.8, 4) is 0 Å². The fourth-order valence-electron chi connectivity index (χ4n) is 2.47. The number of ether oxygens (including phenoxy) is 1. The SMILES string of the molecule is CCCC/C=C/C(CCCCC)C1CC(=O)OC1=O. The minimum absolute atomic E-state index is 0.169. The summed E-state index contributed by atoms with van der Waals surface area (Å²) in [5.74, 6) is -0.770. The van der Waals surface area contributed by atoms with Crippen LogP contribution in [0.1, 0.15) is 65.2 Å². The first kappa shape index (κ1) is 15.9. The van der Waals surface area contributed by atoms with E-state index in [1.54, 1.807) is 0 Å². The third-order valence-electron chi connectivity index (χ3n) is 3.67. The molecule has 0 saturated carbocycles. The number of carbonyl (C=O) groups excluding carboxylic acids is 2. The summed E-state index contributed by atoms with van der Waals surface area (Å²) in [7, 11) is 0. The van der Waals surface area contributed by atoms with Gasteiger partial charge in [-0.05, 0) is 18.8 Å². The van der Waals surface area contributed by atoms with Crippen LogP contribution in [-0.4, -0.2) is 11.9 Å². The van der Waals surface area contributed by atoms with Crippen LogP contribution in [0.3, 0.4) is 0 Å². The first-order chi connectivity index (χ1) is 9.19. The zero-order valence-electron chi connectivity index (χ0n) is 12.2. The Bertz CT molecular complexity index is 320. The molecule has 0 bridgehead atoms. The monoisotopic (exact) mass is 266 g/mol. The second-order valence-corrected chi connectivity index (χ2v) is 5.33. The molecular weight excluding hydrogens is 240 g/mol. The number of allylic oxidation sites excluding steroid dienone is 2. The first-order valence-electron chi connectivity index (χ1n) is 7.60. The molecule has 3 heteroatoms. The van der Waals surface area contributed by atoms with Gasteiger partial charge in [0.15, 0.2) is 0 Å². The maximum absolute atomic E-state index is 11.7. The van der Waals surface area contributed by atoms with Crippen molar-refractivity contribution in [1.29, 1.82) is 0 Å². The smallest absolute Gasteiger partial charge is 0.317 e. The molecule has 0 aliphatic carbocycles. The van der Waals surface area contributed by atoms with Crippen LogP contribution in [0.25, 0.3) is 0 Å². The molecule has 0 radical (unpaired) electrons. The van der Waals surface area contributed by atoms with Gasteiger partial charge in [0.1, 0.15) is 0 Å². The van der Waals surface area contributed by atoms with Gasteiger partial charge in [-0.15, -0.1) is 0 Å². The van der Waals surface area contributed by atoms with Crippen LogP contribution in [0, 0.1) is 11.8 Å². The molecule has 1 aliphatic heterocycles. The average molecular weight is 266 g/mol. The summed E-state index contributed by atoms with van der Waals surface area (Å²) in [6.45, 7) is 4.33. The molecule has 2 atom stereocenters. The Hall–Kier alpha value is -1.12. The molecule has 3 nitrogen and oxygen atoms in total. The van der Waals surface area contributed by atoms with Crippen LogP contribution in [0.15, 0.2) is 12.2 Å². The van der Waals surface area contributed by atoms with E-state index >= 15 is 0 Å². The fraction of sp³-hybridized carbons (Fsp3) is 0.750. The Balaban J connectivity index is 2.55. The standard InChI is InChI=1S/C16H26O3/c1-3-5-7-9-11-13(10-8-6-4-2)14-12-15(17)19-16(14)18/h9,11,13-14H,3-8,10,12H2,1-2H3/b11-9+. The van der Waals surface area contributed by atoms with Crippen LogP contribution < -0.4 is 0 Å². The average Bonchev–Trinajstić information content (AvgIpc) is 2.71. The normalized spacial score (nSPS) is 21.1. The molecule has 1 saturated heterocycles. The van der Waals surface area contributed by atoms with Crippen LogP contribution in [-0.2, 0) is 14.3 Å². The zero-order valence-corrected chi connectivity index (χ0v) is 12.2. The van der Waals surface area contributed by atoms with Gasteiger partial charge >= 0.3 is 11.9 Å². The molecule has 1 aliphatic rings. The van der Waals surface area contributed by atoms with E-state index in [2.05, 4.69) is 30.7 Å². The van der Waals surface area contributed by atoms with Crippen LogP contribution in [0.5, 0.6) is 0 Å². The molecule has 1 fully saturated rings. The lowest BCUT2D eigenvalue weighted by molar-refractivity contribution is -0.153. The second-order valence-electron chi connectivity index (χ2n) is 5.33. The van der Waals surface area contributed by atoms with Crippen LogP contribution in [0.2, 0.25) is 0 Å². The summed E-state index contributed by atoms with van der Waals surface area (Å²) in [6, 6.07) is 0. The van der Waals surface area contributed by atoms with Crippen molar-refractivity contribution in [3.63, 3.8) is 0 Å². The van der Waals surface area contributed by atoms with Gasteiger partial charge in [-0.3, -0.25) is 9.59 Å². The van der Waals surface area contributed by atoms with E-state index in [-0.39, 0.29) is 30.2 Å². The number of cyclic esters (lactones) is 2. The summed E-state index contributed by atoms with van der Waals surface area (Å²) >= 11 is 0. The topological polar surface area (TPSA) is 43.4 Å². The largest absolute Gasteiger partial charge is 0.393 e. The quantitative estimate of drug-likeness (QED) is 0.274. The minimum Gasteiger partial charge on any atom is -0.393 e. The summed E-state index contributed by atoms with van der Waals surface area (Å²) < 4.78 is 4.68. The Morgan fingerprint density at radius 2 is 1.95 bits per heavy atom. The molecule has 0 N–H and O–H groups in total. The number of esters is 2. The summed E-state index contributed by atoms with van der Waals surface area (Å²) in [6.07, 6.45) is 12.4. The van der Waals surface area contributed by atoms with Gasteiger partial charge in [-0.1, -0.05) is 58.1 Å². The van der Waals surface area contributed by atoms with Crippen LogP contribution in [0.4, 0.5) is 0 Å². The van der Waals surface area contributed by atoms with Gasteiger partial charge in [0.25, 0.3) is 0 Å². The zero-order chi connectivity index (χ0) is 14.1. The molecule has 0 spiro atoms. The maximum Gasteiger partial charge on any atom is 0.317 e. The van der Waals surface area contributed by atoms with Crippen molar-refractivity contribution in [2.24, 2.45) is 11.8 Å². The van der Waals surface area contributed by atoms with Crippen molar-refractivity contribution in [2.75, 3.05) is 0 Å². The highest BCUT2D eigenvalue weighted by Crippen LogP contribution is 2.29. The maximum atomic E-state index is 11.7. The molecule has 0 amide bonds. The first-order valence-corrected chi connectivity index (χ1v) is 7.60. The molecule has 1 rings (SSSR count). The third kappa shape index (κ3) is 5.58. The van der Waals surface area contributed by atoms with Crippen molar-refractivity contribution in [1.82, 2.24) is 0 Å². The van der Waals surface area contributed by atoms with E-state index in [1.807, 2.05) is 0 Å². The van der Waals surface area contributed by atoms with Gasteiger partial charge in [0.2, 0.25) is 0 Å². The van der Waals surface area contributed by atoms with Crippen LogP contribution >= 0.6 is 0 Å². The van der Waals surface area contributed by atoms with Crippen molar-refractivity contribution >= 4 is 11.9 Å². The van der Waals surface area contributed by atoms with Gasteiger partial charge in [-0.2, -0.15) is 0 Å². The molecule has 0 aromatic carbocycles. The number of unbranched alkanes of at least 4 members (excludes halogenated alkanes) is 4. The lowest BCUT2D eigenvalue weighted by atomic mass is 9.86. The molecule has 1 heterocycles. The van der Waals surface area contributed by atoms with E-state index in [9.17, 15) is 9.59 Å². The third-order valence-corrected chi connectivity index (χ3v) is 3.67. The van der Waals surface area contributed by atoms with E-state index < -0.39 is 0 Å². The Kier molecular flexibility index (Phi) is 7.46. The van der Waals surface area contributed by atoms with E-state index in [0.717, 1.165) is 19.3 Å². The van der Waals surface area contributed by atoms with Gasteiger partial charge in [-0.25, -0.2) is 0 Å². The second kappa shape index (κ2) is 8.89. The summed E-state index contributed by atoms with van der Waals surface area (Å²) in [5, 5.41) is 0. The number of rotatable bonds is 9. The molecule has 0 aromatic rings. The van der Waals surface area contributed by atoms with Crippen molar-refractivity contribution in [3.05, 3.63) is 12.2 Å². The van der Waals surface area contributed by atoms with Crippen molar-refractivity contribution < 1.29 is 14.3 Å². The van der Waals surface area contributed by atoms with Gasteiger partial charge in [0, 0.05) is 0 Å². The lowest BCUT2D eigenvalue weighted by Gasteiger charge is -2.16. The summed E-state index contributed by atoms with van der Waals surface area (Å²) in [4.78, 5) is 22.9. The molecule has 2 unspecified atom stereocenters. The molecule has 19 heavy (non-hydrogen) atoms.